The first-order valence-corrected chi connectivity index (χ1v) is 6.81. The summed E-state index contributed by atoms with van der Waals surface area (Å²) < 4.78 is 5.75. The number of benzene rings is 1. The van der Waals surface area contributed by atoms with Gasteiger partial charge in [0.2, 0.25) is 0 Å². The lowest BCUT2D eigenvalue weighted by molar-refractivity contribution is 0.0599. The monoisotopic (exact) mass is 330 g/mol. The van der Waals surface area contributed by atoms with Gasteiger partial charge in [-0.15, -0.1) is 0 Å². The smallest absolute Gasteiger partial charge is 0.319 e. The Hall–Kier alpha value is -1.11. The highest BCUT2D eigenvalue weighted by Crippen LogP contribution is 2.23. The molecule has 0 saturated heterocycles. The van der Waals surface area contributed by atoms with Gasteiger partial charge in [0.15, 0.2) is 0 Å². The zero-order valence-electron chi connectivity index (χ0n) is 11.1. The van der Waals surface area contributed by atoms with E-state index in [1.165, 1.54) is 7.11 Å². The van der Waals surface area contributed by atoms with Crippen molar-refractivity contribution in [1.82, 2.24) is 5.32 Å². The molecule has 106 valence electrons. The van der Waals surface area contributed by atoms with Crippen molar-refractivity contribution in [3.63, 3.8) is 0 Å². The summed E-state index contributed by atoms with van der Waals surface area (Å²) in [5.41, 5.74) is 1.72. The Balaban J connectivity index is 2.37. The molecule has 0 heterocycles. The van der Waals surface area contributed by atoms with E-state index in [-0.39, 0.29) is 12.6 Å². The minimum Gasteiger partial charge on any atom is -0.391 e. The third-order valence-electron chi connectivity index (χ3n) is 2.64. The van der Waals surface area contributed by atoms with E-state index in [1.54, 1.807) is 0 Å². The Morgan fingerprint density at radius 1 is 1.53 bits per heavy atom. The van der Waals surface area contributed by atoms with Gasteiger partial charge < -0.3 is 20.5 Å². The fourth-order valence-corrected chi connectivity index (χ4v) is 1.90. The first-order chi connectivity index (χ1) is 9.04. The van der Waals surface area contributed by atoms with Gasteiger partial charge in [-0.2, -0.15) is 0 Å². The number of carbonyl (C=O) groups is 1. The Kier molecular flexibility index (Phi) is 6.83. The highest BCUT2D eigenvalue weighted by Gasteiger charge is 2.07. The fourth-order valence-electron chi connectivity index (χ4n) is 1.54. The van der Waals surface area contributed by atoms with Crippen LogP contribution in [0.4, 0.5) is 10.5 Å². The fraction of sp³-hybridized carbons (Fsp3) is 0.462. The van der Waals surface area contributed by atoms with Crippen LogP contribution in [0.3, 0.4) is 0 Å². The lowest BCUT2D eigenvalue weighted by atomic mass is 10.2. The van der Waals surface area contributed by atoms with Crippen LogP contribution in [0.15, 0.2) is 22.7 Å². The van der Waals surface area contributed by atoms with Gasteiger partial charge in [-0.05, 0) is 31.0 Å². The van der Waals surface area contributed by atoms with Gasteiger partial charge >= 0.3 is 6.03 Å². The van der Waals surface area contributed by atoms with Gasteiger partial charge in [-0.3, -0.25) is 0 Å². The van der Waals surface area contributed by atoms with Crippen molar-refractivity contribution in [2.24, 2.45) is 0 Å². The van der Waals surface area contributed by atoms with Gasteiger partial charge in [-0.1, -0.05) is 22.0 Å². The first kappa shape index (κ1) is 15.9. The topological polar surface area (TPSA) is 70.6 Å². The van der Waals surface area contributed by atoms with Crippen LogP contribution >= 0.6 is 15.9 Å². The average molecular weight is 331 g/mol. The summed E-state index contributed by atoms with van der Waals surface area (Å²) in [6.45, 7) is 2.58. The van der Waals surface area contributed by atoms with Gasteiger partial charge in [0.25, 0.3) is 0 Å². The molecule has 2 amide bonds. The molecule has 0 saturated carbocycles. The summed E-state index contributed by atoms with van der Waals surface area (Å²) in [5, 5.41) is 14.9. The van der Waals surface area contributed by atoms with Crippen LogP contribution in [0.1, 0.15) is 12.0 Å². The van der Waals surface area contributed by atoms with Crippen LogP contribution in [-0.2, 0) is 4.74 Å². The Labute approximate surface area is 121 Å². The Morgan fingerprint density at radius 2 is 2.26 bits per heavy atom. The van der Waals surface area contributed by atoms with Gasteiger partial charge in [-0.25, -0.2) is 4.79 Å². The maximum atomic E-state index is 11.7. The largest absolute Gasteiger partial charge is 0.391 e. The summed E-state index contributed by atoms with van der Waals surface area (Å²) in [6.07, 6.45) is -0.100. The van der Waals surface area contributed by atoms with Crippen LogP contribution in [0.2, 0.25) is 0 Å². The Morgan fingerprint density at radius 3 is 2.95 bits per heavy atom. The molecule has 1 aromatic rings. The summed E-state index contributed by atoms with van der Waals surface area (Å²) in [7, 11) is 1.53. The van der Waals surface area contributed by atoms with Gasteiger partial charge in [0.1, 0.15) is 0 Å². The normalized spacial score (nSPS) is 12.0. The minimum absolute atomic E-state index is 0.272. The molecule has 0 radical (unpaired) electrons. The molecular formula is C13H19BrN2O3. The molecule has 6 heteroatoms. The number of halogens is 1. The second-order valence-corrected chi connectivity index (χ2v) is 5.05. The molecule has 0 spiro atoms. The van der Waals surface area contributed by atoms with Crippen LogP contribution in [-0.4, -0.2) is 37.5 Å². The number of hydrogen-bond acceptors (Lipinski definition) is 3. The van der Waals surface area contributed by atoms with Gasteiger partial charge in [0, 0.05) is 23.8 Å². The quantitative estimate of drug-likeness (QED) is 0.749. The third kappa shape index (κ3) is 5.59. The second kappa shape index (κ2) is 8.14. The van der Waals surface area contributed by atoms with Crippen molar-refractivity contribution < 1.29 is 14.6 Å². The number of anilines is 1. The van der Waals surface area contributed by atoms with E-state index in [4.69, 9.17) is 4.74 Å². The molecule has 19 heavy (non-hydrogen) atoms. The maximum absolute atomic E-state index is 11.7. The zero-order chi connectivity index (χ0) is 14.3. The predicted octanol–water partition coefficient (Wildman–Crippen LogP) is 2.28. The van der Waals surface area contributed by atoms with E-state index in [9.17, 15) is 9.90 Å². The van der Waals surface area contributed by atoms with Crippen molar-refractivity contribution in [2.45, 2.75) is 19.4 Å². The second-order valence-electron chi connectivity index (χ2n) is 4.19. The number of urea groups is 1. The molecule has 0 aliphatic heterocycles. The molecule has 0 fully saturated rings. The van der Waals surface area contributed by atoms with E-state index in [0.29, 0.717) is 13.0 Å². The first-order valence-electron chi connectivity index (χ1n) is 6.01. The van der Waals surface area contributed by atoms with E-state index in [0.717, 1.165) is 15.7 Å². The van der Waals surface area contributed by atoms with Crippen molar-refractivity contribution in [2.75, 3.05) is 25.6 Å². The summed E-state index contributed by atoms with van der Waals surface area (Å²) in [4.78, 5) is 11.7. The van der Waals surface area contributed by atoms with E-state index < -0.39 is 6.10 Å². The molecular weight excluding hydrogens is 312 g/mol. The number of aliphatic hydroxyl groups is 1. The number of nitrogens with one attached hydrogen (secondary N) is 2. The van der Waals surface area contributed by atoms with Crippen LogP contribution < -0.4 is 10.6 Å². The average Bonchev–Trinajstić information content (AvgIpc) is 2.35. The molecule has 1 aromatic carbocycles. The maximum Gasteiger partial charge on any atom is 0.319 e. The summed E-state index contributed by atoms with van der Waals surface area (Å²) in [5.74, 6) is 0. The number of amides is 2. The molecule has 0 bridgehead atoms. The highest BCUT2D eigenvalue weighted by molar-refractivity contribution is 9.10. The summed E-state index contributed by atoms with van der Waals surface area (Å²) in [6, 6.07) is 5.32. The van der Waals surface area contributed by atoms with Crippen molar-refractivity contribution in [1.29, 1.82) is 0 Å². The van der Waals surface area contributed by atoms with E-state index in [2.05, 4.69) is 26.6 Å². The number of hydrogen-bond donors (Lipinski definition) is 3. The Bertz CT molecular complexity index is 426. The molecule has 0 aliphatic carbocycles. The standard InChI is InChI=1S/C13H19BrN2O3/c1-9-11(14)4-3-5-12(9)16-13(18)15-7-6-10(17)8-19-2/h3-5,10,17H,6-8H2,1-2H3,(H2,15,16,18). The number of rotatable bonds is 6. The predicted molar refractivity (Wildman–Crippen MR) is 78.4 cm³/mol. The van der Waals surface area contributed by atoms with Crippen LogP contribution in [0.5, 0.6) is 0 Å². The minimum atomic E-state index is -0.557. The van der Waals surface area contributed by atoms with E-state index in [1.807, 2.05) is 25.1 Å². The molecule has 3 N–H and O–H groups in total. The highest BCUT2D eigenvalue weighted by atomic mass is 79.9. The number of methoxy groups -OCH3 is 1. The molecule has 0 aliphatic rings. The third-order valence-corrected chi connectivity index (χ3v) is 3.50. The number of carbonyl (C=O) groups excluding carboxylic acids is 1. The zero-order valence-corrected chi connectivity index (χ0v) is 12.7. The molecule has 1 rings (SSSR count). The number of ether oxygens (including phenoxy) is 1. The van der Waals surface area contributed by atoms with Crippen LogP contribution in [0.25, 0.3) is 0 Å². The van der Waals surface area contributed by atoms with Crippen molar-refractivity contribution in [3.8, 4) is 0 Å². The SMILES string of the molecule is COCC(O)CCNC(=O)Nc1cccc(Br)c1C. The molecule has 1 atom stereocenters. The van der Waals surface area contributed by atoms with E-state index >= 15 is 0 Å². The molecule has 0 aromatic heterocycles. The molecule has 5 nitrogen and oxygen atoms in total. The van der Waals surface area contributed by atoms with Crippen LogP contribution in [0, 0.1) is 6.92 Å². The lowest BCUT2D eigenvalue weighted by Crippen LogP contribution is -2.32. The number of aliphatic hydroxyl groups excluding tert-OH is 1. The molecule has 1 unspecified atom stereocenters. The van der Waals surface area contributed by atoms with Crippen molar-refractivity contribution in [3.05, 3.63) is 28.2 Å². The summed E-state index contributed by atoms with van der Waals surface area (Å²) >= 11 is 3.41. The lowest BCUT2D eigenvalue weighted by Gasteiger charge is -2.12. The van der Waals surface area contributed by atoms with Crippen molar-refractivity contribution >= 4 is 27.6 Å². The van der Waals surface area contributed by atoms with Gasteiger partial charge in [0.05, 0.1) is 12.7 Å².